The lowest BCUT2D eigenvalue weighted by atomic mass is 10.1. The lowest BCUT2D eigenvalue weighted by molar-refractivity contribution is 0.406. The first-order valence-electron chi connectivity index (χ1n) is 6.56. The van der Waals surface area contributed by atoms with Crippen molar-refractivity contribution in [2.45, 2.75) is 38.6 Å². The monoisotopic (exact) mass is 245 g/mol. The van der Waals surface area contributed by atoms with Crippen LogP contribution in [0.4, 0.5) is 0 Å². The minimum Gasteiger partial charge on any atom is -0.496 e. The molecule has 0 aliphatic carbocycles. The lowest BCUT2D eigenvalue weighted by Crippen LogP contribution is -2.29. The molecule has 0 saturated carbocycles. The van der Waals surface area contributed by atoms with E-state index in [0.29, 0.717) is 6.04 Å². The largest absolute Gasteiger partial charge is 0.496 e. The molecule has 0 radical (unpaired) electrons. The van der Waals surface area contributed by atoms with Crippen molar-refractivity contribution >= 4 is 0 Å². The molecule has 0 fully saturated rings. The van der Waals surface area contributed by atoms with E-state index in [-0.39, 0.29) is 0 Å². The highest BCUT2D eigenvalue weighted by atomic mass is 16.5. The second-order valence-corrected chi connectivity index (χ2v) is 4.53. The predicted octanol–water partition coefficient (Wildman–Crippen LogP) is 3.02. The Bertz CT molecular complexity index is 381. The van der Waals surface area contributed by atoms with Crippen LogP contribution in [-0.2, 0) is 6.42 Å². The minimum absolute atomic E-state index is 0.451. The van der Waals surface area contributed by atoms with Gasteiger partial charge in [0.1, 0.15) is 5.75 Å². The second-order valence-electron chi connectivity index (χ2n) is 4.53. The fraction of sp³-hybridized carbons (Fsp3) is 0.500. The van der Waals surface area contributed by atoms with Gasteiger partial charge in [-0.05, 0) is 44.4 Å². The van der Waals surface area contributed by atoms with Crippen LogP contribution in [0.5, 0.6) is 5.75 Å². The van der Waals surface area contributed by atoms with Crippen molar-refractivity contribution in [3.63, 3.8) is 0 Å². The van der Waals surface area contributed by atoms with E-state index < -0.39 is 0 Å². The van der Waals surface area contributed by atoms with E-state index in [1.54, 1.807) is 7.11 Å². The van der Waals surface area contributed by atoms with Gasteiger partial charge in [0.2, 0.25) is 0 Å². The molecule has 1 atom stereocenters. The summed E-state index contributed by atoms with van der Waals surface area (Å²) in [5, 5.41) is 3.52. The van der Waals surface area contributed by atoms with Crippen molar-refractivity contribution in [2.24, 2.45) is 0 Å². The molecular formula is C16H23NO. The van der Waals surface area contributed by atoms with Crippen molar-refractivity contribution in [3.05, 3.63) is 29.8 Å². The van der Waals surface area contributed by atoms with Crippen molar-refractivity contribution in [1.29, 1.82) is 0 Å². The van der Waals surface area contributed by atoms with Gasteiger partial charge in [0.15, 0.2) is 0 Å². The molecule has 2 heteroatoms. The second kappa shape index (κ2) is 8.60. The minimum atomic E-state index is 0.451. The first kappa shape index (κ1) is 14.6. The number of nitrogens with one attached hydrogen (secondary N) is 1. The molecule has 0 spiro atoms. The molecule has 0 aliphatic heterocycles. The van der Waals surface area contributed by atoms with Crippen molar-refractivity contribution in [3.8, 4) is 18.1 Å². The van der Waals surface area contributed by atoms with E-state index in [1.807, 2.05) is 12.1 Å². The molecular weight excluding hydrogens is 222 g/mol. The number of terminal acetylenes is 1. The average Bonchev–Trinajstić information content (AvgIpc) is 2.39. The Morgan fingerprint density at radius 2 is 2.11 bits per heavy atom. The summed E-state index contributed by atoms with van der Waals surface area (Å²) in [6.45, 7) is 3.23. The number of benzene rings is 1. The van der Waals surface area contributed by atoms with E-state index in [9.17, 15) is 0 Å². The summed E-state index contributed by atoms with van der Waals surface area (Å²) in [5.74, 6) is 3.64. The van der Waals surface area contributed by atoms with Gasteiger partial charge in [0, 0.05) is 12.5 Å². The van der Waals surface area contributed by atoms with Crippen molar-refractivity contribution in [2.75, 3.05) is 13.7 Å². The van der Waals surface area contributed by atoms with Gasteiger partial charge < -0.3 is 10.1 Å². The third-order valence-electron chi connectivity index (χ3n) is 2.96. The maximum absolute atomic E-state index is 5.35. The van der Waals surface area contributed by atoms with Crippen LogP contribution in [0.3, 0.4) is 0 Å². The van der Waals surface area contributed by atoms with Crippen molar-refractivity contribution < 1.29 is 4.74 Å². The summed E-state index contributed by atoms with van der Waals surface area (Å²) in [5.41, 5.74) is 1.25. The first-order chi connectivity index (χ1) is 8.77. The van der Waals surface area contributed by atoms with Gasteiger partial charge >= 0.3 is 0 Å². The summed E-state index contributed by atoms with van der Waals surface area (Å²) in [7, 11) is 1.72. The SMILES string of the molecule is C#CCCCCNC(C)Cc1ccccc1OC. The topological polar surface area (TPSA) is 21.3 Å². The first-order valence-corrected chi connectivity index (χ1v) is 6.56. The van der Waals surface area contributed by atoms with E-state index in [0.717, 1.165) is 38.0 Å². The lowest BCUT2D eigenvalue weighted by Gasteiger charge is -2.15. The Hall–Kier alpha value is -1.46. The van der Waals surface area contributed by atoms with Crippen LogP contribution in [0, 0.1) is 12.3 Å². The third-order valence-corrected chi connectivity index (χ3v) is 2.96. The number of hydrogen-bond donors (Lipinski definition) is 1. The normalized spacial score (nSPS) is 11.8. The number of unbranched alkanes of at least 4 members (excludes halogenated alkanes) is 2. The van der Waals surface area contributed by atoms with E-state index in [2.05, 4.69) is 30.3 Å². The smallest absolute Gasteiger partial charge is 0.122 e. The molecule has 1 unspecified atom stereocenters. The summed E-state index contributed by atoms with van der Waals surface area (Å²) < 4.78 is 5.35. The molecule has 1 N–H and O–H groups in total. The fourth-order valence-electron chi connectivity index (χ4n) is 1.97. The van der Waals surface area contributed by atoms with Crippen molar-refractivity contribution in [1.82, 2.24) is 5.32 Å². The van der Waals surface area contributed by atoms with Gasteiger partial charge in [-0.2, -0.15) is 0 Å². The van der Waals surface area contributed by atoms with Crippen LogP contribution in [0.25, 0.3) is 0 Å². The third kappa shape index (κ3) is 5.25. The van der Waals surface area contributed by atoms with Gasteiger partial charge in [-0.15, -0.1) is 12.3 Å². The summed E-state index contributed by atoms with van der Waals surface area (Å²) in [6, 6.07) is 8.63. The molecule has 2 nitrogen and oxygen atoms in total. The van der Waals surface area contributed by atoms with E-state index in [4.69, 9.17) is 11.2 Å². The molecule has 1 aromatic rings. The maximum Gasteiger partial charge on any atom is 0.122 e. The zero-order chi connectivity index (χ0) is 13.2. The Morgan fingerprint density at radius 3 is 2.83 bits per heavy atom. The van der Waals surface area contributed by atoms with Gasteiger partial charge in [-0.25, -0.2) is 0 Å². The molecule has 98 valence electrons. The Labute approximate surface area is 111 Å². The fourth-order valence-corrected chi connectivity index (χ4v) is 1.97. The zero-order valence-corrected chi connectivity index (χ0v) is 11.4. The number of methoxy groups -OCH3 is 1. The Morgan fingerprint density at radius 1 is 1.33 bits per heavy atom. The molecule has 1 rings (SSSR count). The number of hydrogen-bond acceptors (Lipinski definition) is 2. The number of rotatable bonds is 8. The van der Waals surface area contributed by atoms with Gasteiger partial charge in [0.05, 0.1) is 7.11 Å². The predicted molar refractivity (Wildman–Crippen MR) is 76.8 cm³/mol. The highest BCUT2D eigenvalue weighted by Crippen LogP contribution is 2.18. The van der Waals surface area contributed by atoms with Crippen LogP contribution in [0.1, 0.15) is 31.7 Å². The zero-order valence-electron chi connectivity index (χ0n) is 11.4. The molecule has 0 aliphatic rings. The molecule has 18 heavy (non-hydrogen) atoms. The molecule has 0 bridgehead atoms. The van der Waals surface area contributed by atoms with Gasteiger partial charge in [-0.1, -0.05) is 18.2 Å². The number of para-hydroxylation sites is 1. The summed E-state index contributed by atoms with van der Waals surface area (Å²) in [4.78, 5) is 0. The highest BCUT2D eigenvalue weighted by molar-refractivity contribution is 5.33. The molecule has 0 aromatic heterocycles. The van der Waals surface area contributed by atoms with Gasteiger partial charge in [-0.3, -0.25) is 0 Å². The molecule has 0 saturated heterocycles. The standard InChI is InChI=1S/C16H23NO/c1-4-5-6-9-12-17-14(2)13-15-10-7-8-11-16(15)18-3/h1,7-8,10-11,14,17H,5-6,9,12-13H2,2-3H3. The average molecular weight is 245 g/mol. The van der Waals surface area contributed by atoms with Crippen LogP contribution >= 0.6 is 0 Å². The van der Waals surface area contributed by atoms with Crippen LogP contribution in [-0.4, -0.2) is 19.7 Å². The Balaban J connectivity index is 2.31. The Kier molecular flexibility index (Phi) is 6.98. The summed E-state index contributed by atoms with van der Waals surface area (Å²) >= 11 is 0. The molecule has 1 aromatic carbocycles. The van der Waals surface area contributed by atoms with Crippen LogP contribution in [0.15, 0.2) is 24.3 Å². The van der Waals surface area contributed by atoms with Crippen LogP contribution < -0.4 is 10.1 Å². The number of ether oxygens (including phenoxy) is 1. The summed E-state index contributed by atoms with van der Waals surface area (Å²) in [6.07, 6.45) is 9.32. The van der Waals surface area contributed by atoms with E-state index >= 15 is 0 Å². The molecule has 0 heterocycles. The van der Waals surface area contributed by atoms with Gasteiger partial charge in [0.25, 0.3) is 0 Å². The van der Waals surface area contributed by atoms with Crippen LogP contribution in [0.2, 0.25) is 0 Å². The molecule has 0 amide bonds. The maximum atomic E-state index is 5.35. The quantitative estimate of drug-likeness (QED) is 0.561. The highest BCUT2D eigenvalue weighted by Gasteiger charge is 2.06. The van der Waals surface area contributed by atoms with E-state index in [1.165, 1.54) is 5.56 Å².